The molecule has 1 aliphatic rings. The predicted octanol–water partition coefficient (Wildman–Crippen LogP) is 3.74. The molecule has 3 nitrogen and oxygen atoms in total. The van der Waals surface area contributed by atoms with Crippen molar-refractivity contribution in [2.45, 2.75) is 54.9 Å². The van der Waals surface area contributed by atoms with Crippen LogP contribution in [-0.2, 0) is 9.53 Å². The Morgan fingerprint density at radius 3 is 2.45 bits per heavy atom. The molecule has 0 aromatic rings. The molecule has 20 heavy (non-hydrogen) atoms. The Hall–Kier alpha value is -0.310. The maximum Gasteiger partial charge on any atom is 0.417 e. The zero-order valence-electron chi connectivity index (χ0n) is 11.4. The Balaban J connectivity index is 3.08. The molecule has 0 heterocycles. The lowest BCUT2D eigenvalue weighted by Crippen LogP contribution is -2.58. The molecule has 0 amide bonds. The highest BCUT2D eigenvalue weighted by Crippen LogP contribution is 2.51. The van der Waals surface area contributed by atoms with Crippen molar-refractivity contribution < 1.29 is 27.8 Å². The second-order valence-corrected chi connectivity index (χ2v) is 7.23. The van der Waals surface area contributed by atoms with E-state index >= 15 is 0 Å². The third kappa shape index (κ3) is 3.47. The lowest BCUT2D eigenvalue weighted by molar-refractivity contribution is -0.287. The molecule has 1 rings (SSSR count). The van der Waals surface area contributed by atoms with E-state index < -0.39 is 27.3 Å². The van der Waals surface area contributed by atoms with E-state index in [4.69, 9.17) is 4.74 Å². The van der Waals surface area contributed by atoms with Crippen LogP contribution in [0.3, 0.4) is 0 Å². The summed E-state index contributed by atoms with van der Waals surface area (Å²) in [4.78, 5) is 11.6. The number of carbonyl (C=O) groups excluding carboxylic acids is 1. The number of rotatable bonds is 3. The Morgan fingerprint density at radius 2 is 2.00 bits per heavy atom. The molecule has 1 fully saturated rings. The van der Waals surface area contributed by atoms with Gasteiger partial charge in [0.2, 0.25) is 0 Å². The molecule has 1 aliphatic carbocycles. The number of ether oxygens (including phenoxy) is 1. The topological polar surface area (TPSA) is 46.5 Å². The lowest BCUT2D eigenvalue weighted by Gasteiger charge is -2.46. The van der Waals surface area contributed by atoms with Gasteiger partial charge in [-0.3, -0.25) is 0 Å². The molecule has 0 radical (unpaired) electrons. The van der Waals surface area contributed by atoms with Crippen molar-refractivity contribution in [2.75, 3.05) is 0 Å². The van der Waals surface area contributed by atoms with Crippen LogP contribution in [0, 0.1) is 5.92 Å². The zero-order chi connectivity index (χ0) is 15.8. The fourth-order valence-corrected chi connectivity index (χ4v) is 3.87. The second kappa shape index (κ2) is 5.82. The first kappa shape index (κ1) is 17.7. The summed E-state index contributed by atoms with van der Waals surface area (Å²) in [5.41, 5.74) is -2.78. The van der Waals surface area contributed by atoms with Gasteiger partial charge in [0.15, 0.2) is 9.21 Å². The van der Waals surface area contributed by atoms with Gasteiger partial charge >= 0.3 is 12.1 Å². The number of hydrogen-bond acceptors (Lipinski definition) is 3. The smallest absolute Gasteiger partial charge is 0.417 e. The van der Waals surface area contributed by atoms with E-state index in [0.717, 1.165) is 6.92 Å². The van der Waals surface area contributed by atoms with E-state index in [1.165, 1.54) is 6.92 Å². The Bertz CT molecular complexity index is 406. The highest BCUT2D eigenvalue weighted by molar-refractivity contribution is 14.1. The highest BCUT2D eigenvalue weighted by Gasteiger charge is 2.62. The molecule has 1 saturated carbocycles. The van der Waals surface area contributed by atoms with Crippen LogP contribution in [0.25, 0.3) is 0 Å². The maximum atomic E-state index is 13.0. The molecule has 0 aliphatic heterocycles. The van der Waals surface area contributed by atoms with Gasteiger partial charge in [0.1, 0.15) is 0 Å². The summed E-state index contributed by atoms with van der Waals surface area (Å²) in [6, 6.07) is 0. The maximum absolute atomic E-state index is 13.0. The Morgan fingerprint density at radius 1 is 1.45 bits per heavy atom. The van der Waals surface area contributed by atoms with Crippen LogP contribution in [0.1, 0.15) is 39.5 Å². The van der Waals surface area contributed by atoms with Crippen molar-refractivity contribution in [1.82, 2.24) is 0 Å². The zero-order valence-corrected chi connectivity index (χ0v) is 13.5. The number of carbonyl (C=O) groups is 1. The van der Waals surface area contributed by atoms with E-state index in [-0.39, 0.29) is 18.4 Å². The molecule has 3 unspecified atom stereocenters. The van der Waals surface area contributed by atoms with Gasteiger partial charge in [0.05, 0.1) is 0 Å². The van der Waals surface area contributed by atoms with Gasteiger partial charge in [-0.15, -0.1) is 0 Å². The van der Waals surface area contributed by atoms with E-state index in [9.17, 15) is 23.1 Å². The lowest BCUT2D eigenvalue weighted by atomic mass is 9.75. The minimum atomic E-state index is -4.78. The monoisotopic (exact) mass is 406 g/mol. The fraction of sp³-hybridized carbons (Fsp3) is 0.769. The first-order valence-electron chi connectivity index (χ1n) is 6.28. The summed E-state index contributed by atoms with van der Waals surface area (Å²) in [5.74, 6) is -1.93. The molecule has 1 N–H and O–H groups in total. The summed E-state index contributed by atoms with van der Waals surface area (Å²) in [6.45, 7) is 5.60. The predicted molar refractivity (Wildman–Crippen MR) is 76.3 cm³/mol. The number of hydrogen-bond donors (Lipinski definition) is 1. The molecular weight excluding hydrogens is 388 g/mol. The van der Waals surface area contributed by atoms with Crippen LogP contribution in [0.4, 0.5) is 13.2 Å². The molecule has 3 atom stereocenters. The van der Waals surface area contributed by atoms with Crippen LogP contribution in [0.5, 0.6) is 0 Å². The second-order valence-electron chi connectivity index (χ2n) is 5.40. The van der Waals surface area contributed by atoms with E-state index in [1.54, 1.807) is 22.6 Å². The average Bonchev–Trinajstić information content (AvgIpc) is 2.26. The molecular formula is C13H18F3IO3. The minimum absolute atomic E-state index is 0.122. The van der Waals surface area contributed by atoms with Gasteiger partial charge in [0.25, 0.3) is 0 Å². The van der Waals surface area contributed by atoms with E-state index in [0.29, 0.717) is 12.8 Å². The van der Waals surface area contributed by atoms with Crippen molar-refractivity contribution in [2.24, 2.45) is 5.92 Å². The van der Waals surface area contributed by atoms with E-state index in [2.05, 4.69) is 6.58 Å². The molecule has 116 valence electrons. The molecule has 0 saturated heterocycles. The van der Waals surface area contributed by atoms with Crippen LogP contribution in [0.2, 0.25) is 0 Å². The number of alkyl halides is 4. The molecule has 0 spiro atoms. The van der Waals surface area contributed by atoms with E-state index in [1.807, 2.05) is 0 Å². The summed E-state index contributed by atoms with van der Waals surface area (Å²) in [6.07, 6.45) is -3.13. The summed E-state index contributed by atoms with van der Waals surface area (Å²) < 4.78 is 43.0. The Labute approximate surface area is 129 Å². The molecule has 0 bridgehead atoms. The molecule has 0 aromatic carbocycles. The number of esters is 1. The van der Waals surface area contributed by atoms with Gasteiger partial charge in [-0.1, -0.05) is 13.0 Å². The van der Waals surface area contributed by atoms with Crippen LogP contribution < -0.4 is 0 Å². The summed E-state index contributed by atoms with van der Waals surface area (Å²) in [5, 5.41) is 9.92. The SMILES string of the molecule is C=C(C)C(=O)OC1(I)CCCCC1C(C)(O)C(F)(F)F. The highest BCUT2D eigenvalue weighted by atomic mass is 127. The van der Waals surface area contributed by atoms with Gasteiger partial charge in [-0.05, 0) is 55.7 Å². The van der Waals surface area contributed by atoms with Crippen molar-refractivity contribution in [1.29, 1.82) is 0 Å². The summed E-state index contributed by atoms with van der Waals surface area (Å²) in [7, 11) is 0. The van der Waals surface area contributed by atoms with Crippen molar-refractivity contribution in [3.63, 3.8) is 0 Å². The van der Waals surface area contributed by atoms with Gasteiger partial charge in [0, 0.05) is 11.5 Å². The summed E-state index contributed by atoms with van der Waals surface area (Å²) >= 11 is 1.72. The third-order valence-electron chi connectivity index (χ3n) is 3.64. The van der Waals surface area contributed by atoms with Crippen molar-refractivity contribution >= 4 is 28.6 Å². The first-order valence-corrected chi connectivity index (χ1v) is 7.36. The standard InChI is InChI=1S/C13H18F3IO3/c1-8(2)10(18)20-12(17)7-5-4-6-9(12)11(3,19)13(14,15)16/h9,19H,1,4-7H2,2-3H3. The van der Waals surface area contributed by atoms with Crippen molar-refractivity contribution in [3.05, 3.63) is 12.2 Å². The minimum Gasteiger partial charge on any atom is -0.445 e. The number of aliphatic hydroxyl groups is 1. The van der Waals surface area contributed by atoms with Crippen LogP contribution in [-0.4, -0.2) is 26.5 Å². The molecule has 7 heteroatoms. The van der Waals surface area contributed by atoms with Gasteiger partial charge in [-0.25, -0.2) is 4.79 Å². The quantitative estimate of drug-likeness (QED) is 0.336. The van der Waals surface area contributed by atoms with Gasteiger partial charge < -0.3 is 9.84 Å². The molecule has 0 aromatic heterocycles. The average molecular weight is 406 g/mol. The fourth-order valence-electron chi connectivity index (χ4n) is 2.37. The normalized spacial score (nSPS) is 30.4. The van der Waals surface area contributed by atoms with Crippen LogP contribution >= 0.6 is 22.6 Å². The third-order valence-corrected chi connectivity index (χ3v) is 5.16. The number of halogens is 4. The Kier molecular flexibility index (Phi) is 5.17. The first-order chi connectivity index (χ1) is 8.92. The van der Waals surface area contributed by atoms with Crippen LogP contribution in [0.15, 0.2) is 12.2 Å². The van der Waals surface area contributed by atoms with Gasteiger partial charge in [-0.2, -0.15) is 13.2 Å². The van der Waals surface area contributed by atoms with Crippen molar-refractivity contribution in [3.8, 4) is 0 Å². The largest absolute Gasteiger partial charge is 0.445 e.